The van der Waals surface area contributed by atoms with Gasteiger partial charge in [-0.05, 0) is 31.6 Å². The van der Waals surface area contributed by atoms with Crippen molar-refractivity contribution in [1.82, 2.24) is 4.90 Å². The average molecular weight is 228 g/mol. The predicted molar refractivity (Wildman–Crippen MR) is 61.1 cm³/mol. The second kappa shape index (κ2) is 5.69. The Hall–Kier alpha value is -1.30. The number of carbonyl (C=O) groups is 1. The van der Waals surface area contributed by atoms with Crippen LogP contribution in [0.15, 0.2) is 0 Å². The van der Waals surface area contributed by atoms with Gasteiger partial charge >= 0.3 is 5.97 Å². The summed E-state index contributed by atoms with van der Waals surface area (Å²) in [5.74, 6) is -0.289. The summed E-state index contributed by atoms with van der Waals surface area (Å²) in [5.41, 5.74) is 10.8. The quantitative estimate of drug-likeness (QED) is 0.392. The number of nitrogens with one attached hydrogen (secondary N) is 1. The van der Waals surface area contributed by atoms with E-state index in [1.54, 1.807) is 0 Å². The monoisotopic (exact) mass is 228 g/mol. The van der Waals surface area contributed by atoms with Gasteiger partial charge in [0, 0.05) is 13.1 Å². The number of guanidine groups is 1. The smallest absolute Gasteiger partial charge is 0.320 e. The van der Waals surface area contributed by atoms with Crippen molar-refractivity contribution in [2.75, 3.05) is 13.1 Å². The van der Waals surface area contributed by atoms with Crippen LogP contribution in [0.2, 0.25) is 0 Å². The molecule has 0 amide bonds. The molecule has 0 unspecified atom stereocenters. The molecule has 6 N–H and O–H groups in total. The Balaban J connectivity index is 2.22. The number of aliphatic carboxylic acids is 1. The largest absolute Gasteiger partial charge is 0.480 e. The normalized spacial score (nSPS) is 19.4. The van der Waals surface area contributed by atoms with Crippen molar-refractivity contribution < 1.29 is 9.90 Å². The standard InChI is InChI=1S/C10H20N4O2/c11-8(9(15)16)2-1-7-3-5-14(6-4-7)10(12)13/h7-8H,1-6,11H2,(H3,12,13)(H,15,16)/t8-/m0/s1. The van der Waals surface area contributed by atoms with E-state index >= 15 is 0 Å². The lowest BCUT2D eigenvalue weighted by molar-refractivity contribution is -0.138. The molecule has 1 rings (SSSR count). The molecule has 16 heavy (non-hydrogen) atoms. The lowest BCUT2D eigenvalue weighted by Crippen LogP contribution is -2.42. The Labute approximate surface area is 95.1 Å². The third-order valence-corrected chi connectivity index (χ3v) is 3.16. The maximum atomic E-state index is 10.5. The summed E-state index contributed by atoms with van der Waals surface area (Å²) in [6.07, 6.45) is 3.30. The summed E-state index contributed by atoms with van der Waals surface area (Å²) in [6.45, 7) is 1.59. The number of likely N-dealkylation sites (tertiary alicyclic amines) is 1. The van der Waals surface area contributed by atoms with Crippen molar-refractivity contribution in [1.29, 1.82) is 5.41 Å². The highest BCUT2D eigenvalue weighted by Crippen LogP contribution is 2.21. The first-order valence-corrected chi connectivity index (χ1v) is 5.58. The molecule has 6 nitrogen and oxygen atoms in total. The van der Waals surface area contributed by atoms with Gasteiger partial charge in [-0.2, -0.15) is 0 Å². The molecule has 0 aromatic heterocycles. The molecule has 1 aliphatic rings. The van der Waals surface area contributed by atoms with Crippen LogP contribution >= 0.6 is 0 Å². The van der Waals surface area contributed by atoms with E-state index in [4.69, 9.17) is 22.0 Å². The molecule has 0 bridgehead atoms. The van der Waals surface area contributed by atoms with E-state index in [0.717, 1.165) is 32.4 Å². The number of nitrogens with zero attached hydrogens (tertiary/aromatic N) is 1. The Kier molecular flexibility index (Phi) is 4.54. The van der Waals surface area contributed by atoms with E-state index in [9.17, 15) is 4.79 Å². The number of nitrogens with two attached hydrogens (primary N) is 2. The molecular formula is C10H20N4O2. The maximum Gasteiger partial charge on any atom is 0.320 e. The molecule has 1 fully saturated rings. The maximum absolute atomic E-state index is 10.5. The summed E-state index contributed by atoms with van der Waals surface area (Å²) in [6, 6.07) is -0.745. The van der Waals surface area contributed by atoms with Crippen LogP contribution in [0.5, 0.6) is 0 Å². The first-order valence-electron chi connectivity index (χ1n) is 5.58. The number of carboxylic acids is 1. The second-order valence-corrected chi connectivity index (χ2v) is 4.34. The highest BCUT2D eigenvalue weighted by molar-refractivity contribution is 5.74. The summed E-state index contributed by atoms with van der Waals surface area (Å²) in [4.78, 5) is 12.4. The minimum absolute atomic E-state index is 0.126. The topological polar surface area (TPSA) is 116 Å². The lowest BCUT2D eigenvalue weighted by Gasteiger charge is -2.32. The number of piperidine rings is 1. The van der Waals surface area contributed by atoms with Crippen molar-refractivity contribution in [2.45, 2.75) is 31.7 Å². The SMILES string of the molecule is N=C(N)N1CCC(CC[C@H](N)C(=O)O)CC1. The van der Waals surface area contributed by atoms with E-state index in [1.807, 2.05) is 4.90 Å². The molecule has 1 aliphatic heterocycles. The van der Waals surface area contributed by atoms with Crippen molar-refractivity contribution >= 4 is 11.9 Å². The fourth-order valence-electron chi connectivity index (χ4n) is 2.00. The van der Waals surface area contributed by atoms with Gasteiger partial charge in [-0.15, -0.1) is 0 Å². The van der Waals surface area contributed by atoms with Gasteiger partial charge in [0.15, 0.2) is 5.96 Å². The Morgan fingerprint density at radius 2 is 2.06 bits per heavy atom. The van der Waals surface area contributed by atoms with Gasteiger partial charge in [-0.1, -0.05) is 0 Å². The number of hydrogen-bond donors (Lipinski definition) is 4. The fraction of sp³-hybridized carbons (Fsp3) is 0.800. The fourth-order valence-corrected chi connectivity index (χ4v) is 2.00. The van der Waals surface area contributed by atoms with Gasteiger partial charge in [-0.3, -0.25) is 10.2 Å². The van der Waals surface area contributed by atoms with Gasteiger partial charge in [-0.25, -0.2) is 0 Å². The van der Waals surface area contributed by atoms with Gasteiger partial charge in [0.05, 0.1) is 0 Å². The Morgan fingerprint density at radius 1 is 1.50 bits per heavy atom. The van der Waals surface area contributed by atoms with Crippen molar-refractivity contribution in [3.63, 3.8) is 0 Å². The first kappa shape index (κ1) is 12.8. The molecule has 0 aromatic carbocycles. The molecular weight excluding hydrogens is 208 g/mol. The lowest BCUT2D eigenvalue weighted by atomic mass is 9.91. The van der Waals surface area contributed by atoms with Crippen LogP contribution in [0.25, 0.3) is 0 Å². The minimum atomic E-state index is -0.929. The summed E-state index contributed by atoms with van der Waals surface area (Å²) < 4.78 is 0. The van der Waals surface area contributed by atoms with Crippen molar-refractivity contribution in [2.24, 2.45) is 17.4 Å². The zero-order valence-electron chi connectivity index (χ0n) is 9.35. The highest BCUT2D eigenvalue weighted by Gasteiger charge is 2.21. The average Bonchev–Trinajstić information content (AvgIpc) is 2.26. The van der Waals surface area contributed by atoms with E-state index in [1.165, 1.54) is 0 Å². The van der Waals surface area contributed by atoms with Gasteiger partial charge in [0.1, 0.15) is 6.04 Å². The summed E-state index contributed by atoms with van der Waals surface area (Å²) >= 11 is 0. The zero-order valence-corrected chi connectivity index (χ0v) is 9.35. The molecule has 0 aromatic rings. The molecule has 0 spiro atoms. The van der Waals surface area contributed by atoms with Crippen LogP contribution in [0.3, 0.4) is 0 Å². The van der Waals surface area contributed by atoms with Crippen LogP contribution < -0.4 is 11.5 Å². The molecule has 1 saturated heterocycles. The first-order chi connectivity index (χ1) is 7.50. The molecule has 0 saturated carbocycles. The molecule has 1 heterocycles. The van der Waals surface area contributed by atoms with Gasteiger partial charge in [0.2, 0.25) is 0 Å². The third kappa shape index (κ3) is 3.69. The van der Waals surface area contributed by atoms with Crippen LogP contribution in [-0.2, 0) is 4.79 Å². The predicted octanol–water partition coefficient (Wildman–Crippen LogP) is -0.216. The van der Waals surface area contributed by atoms with Gasteiger partial charge < -0.3 is 21.5 Å². The van der Waals surface area contributed by atoms with E-state index in [-0.39, 0.29) is 5.96 Å². The molecule has 92 valence electrons. The summed E-state index contributed by atoms with van der Waals surface area (Å²) in [7, 11) is 0. The number of carboxylic acid groups (broad SMARTS) is 1. The molecule has 6 heteroatoms. The molecule has 0 radical (unpaired) electrons. The van der Waals surface area contributed by atoms with Crippen molar-refractivity contribution in [3.05, 3.63) is 0 Å². The van der Waals surface area contributed by atoms with Crippen LogP contribution in [0, 0.1) is 11.3 Å². The molecule has 1 atom stereocenters. The number of hydrogen-bond acceptors (Lipinski definition) is 3. The van der Waals surface area contributed by atoms with E-state index < -0.39 is 12.0 Å². The van der Waals surface area contributed by atoms with E-state index in [0.29, 0.717) is 12.3 Å². The van der Waals surface area contributed by atoms with E-state index in [2.05, 4.69) is 0 Å². The second-order valence-electron chi connectivity index (χ2n) is 4.34. The highest BCUT2D eigenvalue weighted by atomic mass is 16.4. The van der Waals surface area contributed by atoms with Gasteiger partial charge in [0.25, 0.3) is 0 Å². The van der Waals surface area contributed by atoms with Crippen LogP contribution in [-0.4, -0.2) is 41.1 Å². The van der Waals surface area contributed by atoms with Crippen LogP contribution in [0.1, 0.15) is 25.7 Å². The third-order valence-electron chi connectivity index (χ3n) is 3.16. The Morgan fingerprint density at radius 3 is 2.50 bits per heavy atom. The number of rotatable bonds is 4. The summed E-state index contributed by atoms with van der Waals surface area (Å²) in [5, 5.41) is 15.9. The Bertz CT molecular complexity index is 262. The van der Waals surface area contributed by atoms with Crippen LogP contribution in [0.4, 0.5) is 0 Å². The zero-order chi connectivity index (χ0) is 12.1. The molecule has 0 aliphatic carbocycles. The van der Waals surface area contributed by atoms with Crippen molar-refractivity contribution in [3.8, 4) is 0 Å². The minimum Gasteiger partial charge on any atom is -0.480 e.